The number of nitro benzene ring substituents is 1. The van der Waals surface area contributed by atoms with Gasteiger partial charge >= 0.3 is 6.18 Å². The van der Waals surface area contributed by atoms with Gasteiger partial charge in [0.2, 0.25) is 0 Å². The number of benzene rings is 1. The fourth-order valence-electron chi connectivity index (χ4n) is 1.11. The van der Waals surface area contributed by atoms with E-state index in [-0.39, 0.29) is 3.57 Å². The van der Waals surface area contributed by atoms with Crippen LogP contribution in [0.15, 0.2) is 12.1 Å². The number of hydrogen-bond donors (Lipinski definition) is 0. The van der Waals surface area contributed by atoms with E-state index in [1.54, 1.807) is 0 Å². The van der Waals surface area contributed by atoms with E-state index in [1.807, 2.05) is 0 Å². The summed E-state index contributed by atoms with van der Waals surface area (Å²) in [7, 11) is 0. The molecule has 0 unspecified atom stereocenters. The molecule has 92 valence electrons. The van der Waals surface area contributed by atoms with Crippen LogP contribution in [0.25, 0.3) is 0 Å². The molecule has 1 aromatic rings. The topological polar surface area (TPSA) is 60.2 Å². The smallest absolute Gasteiger partial charge is 0.276 e. The molecule has 0 spiro atoms. The highest BCUT2D eigenvalue weighted by atomic mass is 127. The zero-order valence-electron chi connectivity index (χ0n) is 7.72. The second-order valence-electron chi connectivity index (χ2n) is 2.88. The Labute approximate surface area is 111 Å². The van der Waals surface area contributed by atoms with Crippen LogP contribution in [0.2, 0.25) is 0 Å². The number of carbonyl (C=O) groups excluding carboxylic acids is 1. The Balaban J connectivity index is 3.62. The first-order valence-electron chi connectivity index (χ1n) is 3.89. The van der Waals surface area contributed by atoms with Crippen molar-refractivity contribution in [2.75, 3.05) is 0 Å². The van der Waals surface area contributed by atoms with Gasteiger partial charge in [-0.05, 0) is 46.3 Å². The number of alkyl halides is 3. The van der Waals surface area contributed by atoms with Gasteiger partial charge in [0, 0.05) is 5.56 Å². The Hall–Kier alpha value is -0.900. The van der Waals surface area contributed by atoms with Gasteiger partial charge in [0.1, 0.15) is 5.56 Å². The zero-order chi connectivity index (χ0) is 13.4. The van der Waals surface area contributed by atoms with Crippen LogP contribution < -0.4 is 0 Å². The van der Waals surface area contributed by atoms with E-state index in [2.05, 4.69) is 0 Å². The molecule has 1 aromatic carbocycles. The van der Waals surface area contributed by atoms with Crippen molar-refractivity contribution in [3.8, 4) is 0 Å². The summed E-state index contributed by atoms with van der Waals surface area (Å²) in [6, 6.07) is 1.30. The normalized spacial score (nSPS) is 11.4. The lowest BCUT2D eigenvalue weighted by Gasteiger charge is -2.09. The van der Waals surface area contributed by atoms with Gasteiger partial charge < -0.3 is 0 Å². The van der Waals surface area contributed by atoms with Gasteiger partial charge in [0.25, 0.3) is 10.9 Å². The van der Waals surface area contributed by atoms with Crippen LogP contribution in [0.4, 0.5) is 18.9 Å². The van der Waals surface area contributed by atoms with Gasteiger partial charge in [-0.25, -0.2) is 0 Å². The molecule has 17 heavy (non-hydrogen) atoms. The highest BCUT2D eigenvalue weighted by Gasteiger charge is 2.40. The molecule has 0 radical (unpaired) electrons. The fraction of sp³-hybridized carbons (Fsp3) is 0.125. The third kappa shape index (κ3) is 3.06. The van der Waals surface area contributed by atoms with Crippen LogP contribution in [0.5, 0.6) is 0 Å². The number of rotatable bonds is 2. The summed E-state index contributed by atoms with van der Waals surface area (Å²) >= 11 is 6.40. The summed E-state index contributed by atoms with van der Waals surface area (Å²) in [6.45, 7) is 0. The Morgan fingerprint density at radius 2 is 1.94 bits per heavy atom. The van der Waals surface area contributed by atoms with E-state index in [4.69, 9.17) is 11.6 Å². The molecule has 0 aliphatic heterocycles. The van der Waals surface area contributed by atoms with Crippen LogP contribution in [0, 0.1) is 13.7 Å². The highest BCUT2D eigenvalue weighted by Crippen LogP contribution is 2.39. The first kappa shape index (κ1) is 14.2. The quantitative estimate of drug-likeness (QED) is 0.341. The second kappa shape index (κ2) is 4.77. The molecule has 0 aliphatic carbocycles. The summed E-state index contributed by atoms with van der Waals surface area (Å²) < 4.78 is 37.4. The van der Waals surface area contributed by atoms with Crippen LogP contribution in [-0.4, -0.2) is 10.2 Å². The van der Waals surface area contributed by atoms with E-state index in [1.165, 1.54) is 22.6 Å². The van der Waals surface area contributed by atoms with Crippen molar-refractivity contribution in [3.05, 3.63) is 36.9 Å². The van der Waals surface area contributed by atoms with E-state index in [0.717, 1.165) is 6.07 Å². The van der Waals surface area contributed by atoms with Gasteiger partial charge in [-0.3, -0.25) is 14.9 Å². The number of hydrogen-bond acceptors (Lipinski definition) is 3. The summed E-state index contributed by atoms with van der Waals surface area (Å²) in [5.74, 6) is 0. The van der Waals surface area contributed by atoms with Gasteiger partial charge in [0.15, 0.2) is 0 Å². The van der Waals surface area contributed by atoms with Crippen LogP contribution in [-0.2, 0) is 6.18 Å². The first-order chi connectivity index (χ1) is 7.64. The first-order valence-corrected chi connectivity index (χ1v) is 5.35. The van der Waals surface area contributed by atoms with Crippen molar-refractivity contribution in [1.82, 2.24) is 0 Å². The molecule has 9 heteroatoms. The summed E-state index contributed by atoms with van der Waals surface area (Å²) in [5, 5.41) is 9.45. The molecule has 0 heterocycles. The lowest BCUT2D eigenvalue weighted by Crippen LogP contribution is -2.11. The Kier molecular flexibility index (Phi) is 3.97. The minimum absolute atomic E-state index is 0.300. The molecule has 0 aliphatic rings. The van der Waals surface area contributed by atoms with E-state index >= 15 is 0 Å². The Morgan fingerprint density at radius 1 is 1.41 bits per heavy atom. The monoisotopic (exact) mass is 379 g/mol. The molecular weight excluding hydrogens is 377 g/mol. The average molecular weight is 379 g/mol. The summed E-state index contributed by atoms with van der Waals surface area (Å²) in [6.07, 6.45) is -4.93. The molecule has 1 rings (SSSR count). The minimum atomic E-state index is -4.93. The molecule has 0 atom stereocenters. The molecular formula is C8H2ClF3INO3. The number of nitro groups is 1. The fourth-order valence-corrected chi connectivity index (χ4v) is 2.05. The standard InChI is InChI=1S/C8H2ClF3INO3/c9-7(15)3-1-4(8(10,11)12)6(14(16)17)5(13)2-3/h1-2H. The second-order valence-corrected chi connectivity index (χ2v) is 4.39. The SMILES string of the molecule is O=C(Cl)c1cc(I)c([N+](=O)[O-])c(C(F)(F)F)c1. The Bertz CT molecular complexity index is 504. The predicted molar refractivity (Wildman–Crippen MR) is 61.0 cm³/mol. The van der Waals surface area contributed by atoms with Crippen molar-refractivity contribution in [3.63, 3.8) is 0 Å². The van der Waals surface area contributed by atoms with Crippen molar-refractivity contribution in [2.45, 2.75) is 6.18 Å². The van der Waals surface area contributed by atoms with E-state index < -0.39 is 33.2 Å². The van der Waals surface area contributed by atoms with Crippen molar-refractivity contribution in [2.24, 2.45) is 0 Å². The molecule has 0 N–H and O–H groups in total. The maximum atomic E-state index is 12.6. The predicted octanol–water partition coefficient (Wildman–Crippen LogP) is 3.60. The molecule has 0 bridgehead atoms. The number of carbonyl (C=O) groups is 1. The van der Waals surface area contributed by atoms with Gasteiger partial charge in [0.05, 0.1) is 8.49 Å². The third-order valence-electron chi connectivity index (χ3n) is 1.78. The summed E-state index contributed by atoms with van der Waals surface area (Å²) in [5.41, 5.74) is -3.01. The molecule has 4 nitrogen and oxygen atoms in total. The van der Waals surface area contributed by atoms with Crippen LogP contribution in [0.3, 0.4) is 0 Å². The third-order valence-corrected chi connectivity index (χ3v) is 2.82. The van der Waals surface area contributed by atoms with E-state index in [0.29, 0.717) is 6.07 Å². The minimum Gasteiger partial charge on any atom is -0.276 e. The lowest BCUT2D eigenvalue weighted by molar-refractivity contribution is -0.389. The largest absolute Gasteiger partial charge is 0.423 e. The zero-order valence-corrected chi connectivity index (χ0v) is 10.6. The van der Waals surface area contributed by atoms with Crippen molar-refractivity contribution < 1.29 is 22.9 Å². The highest BCUT2D eigenvalue weighted by molar-refractivity contribution is 14.1. The Morgan fingerprint density at radius 3 is 2.29 bits per heavy atom. The summed E-state index contributed by atoms with van der Waals surface area (Å²) in [4.78, 5) is 20.2. The van der Waals surface area contributed by atoms with Gasteiger partial charge in [-0.15, -0.1) is 0 Å². The van der Waals surface area contributed by atoms with Crippen LogP contribution in [0.1, 0.15) is 15.9 Å². The average Bonchev–Trinajstić information content (AvgIpc) is 2.14. The van der Waals surface area contributed by atoms with Gasteiger partial charge in [-0.2, -0.15) is 13.2 Å². The number of halogens is 5. The lowest BCUT2D eigenvalue weighted by atomic mass is 10.1. The van der Waals surface area contributed by atoms with Crippen molar-refractivity contribution in [1.29, 1.82) is 0 Å². The maximum Gasteiger partial charge on any atom is 0.423 e. The van der Waals surface area contributed by atoms with E-state index in [9.17, 15) is 28.1 Å². The van der Waals surface area contributed by atoms with Crippen molar-refractivity contribution >= 4 is 45.1 Å². The molecule has 0 aromatic heterocycles. The van der Waals surface area contributed by atoms with Gasteiger partial charge in [-0.1, -0.05) is 0 Å². The maximum absolute atomic E-state index is 12.6. The molecule has 0 fully saturated rings. The molecule has 0 saturated carbocycles. The number of nitrogens with zero attached hydrogens (tertiary/aromatic N) is 1. The molecule has 0 amide bonds. The molecule has 0 saturated heterocycles. The van der Waals surface area contributed by atoms with Crippen LogP contribution >= 0.6 is 34.2 Å².